The Morgan fingerprint density at radius 3 is 2.55 bits per heavy atom. The molecule has 9 nitrogen and oxygen atoms in total. The van der Waals surface area contributed by atoms with Gasteiger partial charge in [0.05, 0.1) is 6.61 Å². The van der Waals surface area contributed by atoms with Crippen molar-refractivity contribution in [2.45, 2.75) is 57.7 Å². The number of amides is 1. The van der Waals surface area contributed by atoms with Gasteiger partial charge in [-0.3, -0.25) is 15.0 Å². The Morgan fingerprint density at radius 1 is 1.16 bits per heavy atom. The van der Waals surface area contributed by atoms with Crippen LogP contribution in [0.5, 0.6) is 5.75 Å². The number of carbonyl (C=O) groups is 2. The number of nitrogens with one attached hydrogen (secondary N) is 2. The highest BCUT2D eigenvalue weighted by Crippen LogP contribution is 2.28. The number of esters is 1. The van der Waals surface area contributed by atoms with Gasteiger partial charge in [0.25, 0.3) is 5.91 Å². The molecule has 0 spiro atoms. The van der Waals surface area contributed by atoms with E-state index in [0.29, 0.717) is 24.3 Å². The number of hydrazine groups is 1. The molecule has 3 N–H and O–H groups in total. The van der Waals surface area contributed by atoms with Crippen LogP contribution in [0.25, 0.3) is 0 Å². The number of hydrogen-bond donors (Lipinski definition) is 3. The van der Waals surface area contributed by atoms with Gasteiger partial charge in [-0.25, -0.2) is 19.2 Å². The average Bonchev–Trinajstić information content (AvgIpc) is 3.29. The molecule has 0 bridgehead atoms. The number of benzene rings is 2. The van der Waals surface area contributed by atoms with E-state index in [1.807, 2.05) is 0 Å². The molecule has 0 radical (unpaired) electrons. The summed E-state index contributed by atoms with van der Waals surface area (Å²) in [6, 6.07) is 10.0. The fourth-order valence-electron chi connectivity index (χ4n) is 3.60. The summed E-state index contributed by atoms with van der Waals surface area (Å²) >= 11 is 0. The van der Waals surface area contributed by atoms with Crippen molar-refractivity contribution in [2.75, 3.05) is 19.8 Å². The standard InChI is InChI=1S/C27H33F2N3O6/c1-26(2,3)38-23(34)11-12-27(25(35)32-30-16-19-5-8-20(28)15-22(19)29)17-37-24(31-27)18-6-9-21(10-7-18)36-14-4-13-33/h5-10,15,30,33H,4,11-14,16-17H2,1-3H3,(H,32,35)/t27-/m0/s1. The number of aliphatic imine (C=N–C) groups is 1. The fourth-order valence-corrected chi connectivity index (χ4v) is 3.60. The lowest BCUT2D eigenvalue weighted by Crippen LogP contribution is -2.51. The van der Waals surface area contributed by atoms with E-state index < -0.39 is 34.7 Å². The zero-order valence-electron chi connectivity index (χ0n) is 21.7. The van der Waals surface area contributed by atoms with E-state index in [1.54, 1.807) is 45.0 Å². The summed E-state index contributed by atoms with van der Waals surface area (Å²) in [5, 5.41) is 8.88. The first-order valence-corrected chi connectivity index (χ1v) is 12.3. The summed E-state index contributed by atoms with van der Waals surface area (Å²) < 4.78 is 43.8. The van der Waals surface area contributed by atoms with E-state index in [0.717, 1.165) is 12.1 Å². The van der Waals surface area contributed by atoms with Crippen molar-refractivity contribution in [3.63, 3.8) is 0 Å². The monoisotopic (exact) mass is 533 g/mol. The molecule has 2 aromatic carbocycles. The van der Waals surface area contributed by atoms with Crippen molar-refractivity contribution in [1.82, 2.24) is 10.9 Å². The van der Waals surface area contributed by atoms with Gasteiger partial charge in [-0.15, -0.1) is 0 Å². The first-order chi connectivity index (χ1) is 18.0. The zero-order chi connectivity index (χ0) is 27.8. The zero-order valence-corrected chi connectivity index (χ0v) is 21.7. The molecule has 0 saturated heterocycles. The van der Waals surface area contributed by atoms with Crippen LogP contribution in [0.1, 0.15) is 51.2 Å². The normalized spacial score (nSPS) is 16.9. The summed E-state index contributed by atoms with van der Waals surface area (Å²) in [6.45, 7) is 5.42. The molecule has 1 amide bonds. The Morgan fingerprint density at radius 2 is 1.89 bits per heavy atom. The van der Waals surface area contributed by atoms with E-state index in [-0.39, 0.29) is 44.1 Å². The minimum Gasteiger partial charge on any atom is -0.494 e. The lowest BCUT2D eigenvalue weighted by molar-refractivity contribution is -0.155. The van der Waals surface area contributed by atoms with Gasteiger partial charge >= 0.3 is 5.97 Å². The van der Waals surface area contributed by atoms with Crippen LogP contribution in [-0.2, 0) is 25.6 Å². The lowest BCUT2D eigenvalue weighted by Gasteiger charge is -2.24. The Kier molecular flexibility index (Phi) is 9.76. The third-order valence-electron chi connectivity index (χ3n) is 5.52. The highest BCUT2D eigenvalue weighted by molar-refractivity contribution is 6.00. The fraction of sp³-hybridized carbons (Fsp3) is 0.444. The number of rotatable bonds is 12. The number of aliphatic hydroxyl groups excluding tert-OH is 1. The Bertz CT molecular complexity index is 1150. The van der Waals surface area contributed by atoms with Crippen LogP contribution in [-0.4, -0.2) is 53.8 Å². The Labute approximate surface area is 220 Å². The average molecular weight is 534 g/mol. The van der Waals surface area contributed by atoms with Crippen LogP contribution in [0.4, 0.5) is 8.78 Å². The van der Waals surface area contributed by atoms with Crippen molar-refractivity contribution in [1.29, 1.82) is 0 Å². The highest BCUT2D eigenvalue weighted by atomic mass is 19.1. The van der Waals surface area contributed by atoms with Crippen molar-refractivity contribution < 1.29 is 37.7 Å². The molecular formula is C27H33F2N3O6. The molecule has 1 heterocycles. The molecule has 206 valence electrons. The van der Waals surface area contributed by atoms with Crippen LogP contribution in [0, 0.1) is 11.6 Å². The molecule has 0 fully saturated rings. The van der Waals surface area contributed by atoms with E-state index in [4.69, 9.17) is 19.3 Å². The third kappa shape index (κ3) is 8.22. The van der Waals surface area contributed by atoms with Gasteiger partial charge < -0.3 is 19.3 Å². The number of aliphatic hydroxyl groups is 1. The first kappa shape index (κ1) is 29.0. The quantitative estimate of drug-likeness (QED) is 0.218. The molecular weight excluding hydrogens is 500 g/mol. The molecule has 1 aliphatic heterocycles. The van der Waals surface area contributed by atoms with Gasteiger partial charge in [0.15, 0.2) is 5.54 Å². The Hall–Kier alpha value is -3.57. The van der Waals surface area contributed by atoms with Crippen LogP contribution >= 0.6 is 0 Å². The van der Waals surface area contributed by atoms with Gasteiger partial charge in [0.1, 0.15) is 29.6 Å². The molecule has 0 saturated carbocycles. The molecule has 3 rings (SSSR count). The highest BCUT2D eigenvalue weighted by Gasteiger charge is 2.45. The van der Waals surface area contributed by atoms with E-state index in [2.05, 4.69) is 15.8 Å². The maximum atomic E-state index is 13.9. The molecule has 0 aromatic heterocycles. The maximum Gasteiger partial charge on any atom is 0.306 e. The van der Waals surface area contributed by atoms with Gasteiger partial charge in [-0.1, -0.05) is 6.07 Å². The molecule has 1 aliphatic rings. The lowest BCUT2D eigenvalue weighted by atomic mass is 9.94. The summed E-state index contributed by atoms with van der Waals surface area (Å²) in [7, 11) is 0. The molecule has 0 aliphatic carbocycles. The molecule has 2 aromatic rings. The number of carbonyl (C=O) groups excluding carboxylic acids is 2. The van der Waals surface area contributed by atoms with Crippen LogP contribution in [0.3, 0.4) is 0 Å². The van der Waals surface area contributed by atoms with Gasteiger partial charge in [-0.05, 0) is 57.5 Å². The van der Waals surface area contributed by atoms with Gasteiger partial charge in [0, 0.05) is 43.2 Å². The van der Waals surface area contributed by atoms with Crippen molar-refractivity contribution in [3.8, 4) is 5.75 Å². The summed E-state index contributed by atoms with van der Waals surface area (Å²) in [6.07, 6.45) is 0.427. The van der Waals surface area contributed by atoms with Gasteiger partial charge in [-0.2, -0.15) is 0 Å². The number of nitrogens with zero attached hydrogens (tertiary/aromatic N) is 1. The number of halogens is 2. The topological polar surface area (TPSA) is 118 Å². The van der Waals surface area contributed by atoms with E-state index in [9.17, 15) is 18.4 Å². The second kappa shape index (κ2) is 12.8. The predicted octanol–water partition coefficient (Wildman–Crippen LogP) is 3.18. The molecule has 0 unspecified atom stereocenters. The second-order valence-electron chi connectivity index (χ2n) is 9.82. The molecule has 1 atom stereocenters. The molecule has 38 heavy (non-hydrogen) atoms. The Balaban J connectivity index is 1.73. The largest absolute Gasteiger partial charge is 0.494 e. The smallest absolute Gasteiger partial charge is 0.306 e. The summed E-state index contributed by atoms with van der Waals surface area (Å²) in [4.78, 5) is 30.2. The van der Waals surface area contributed by atoms with Crippen molar-refractivity contribution in [3.05, 3.63) is 65.2 Å². The number of hydrogen-bond acceptors (Lipinski definition) is 8. The SMILES string of the molecule is CC(C)(C)OC(=O)CC[C@@]1(C(=O)NNCc2ccc(F)cc2F)COC(c2ccc(OCCCO)cc2)=N1. The number of ether oxygens (including phenoxy) is 3. The van der Waals surface area contributed by atoms with Crippen LogP contribution in [0.2, 0.25) is 0 Å². The van der Waals surface area contributed by atoms with Gasteiger partial charge in [0.2, 0.25) is 5.90 Å². The second-order valence-corrected chi connectivity index (χ2v) is 9.82. The molecule has 11 heteroatoms. The minimum atomic E-state index is -1.45. The van der Waals surface area contributed by atoms with Crippen molar-refractivity contribution in [2.24, 2.45) is 4.99 Å². The third-order valence-corrected chi connectivity index (χ3v) is 5.52. The van der Waals surface area contributed by atoms with Crippen molar-refractivity contribution >= 4 is 17.8 Å². The van der Waals surface area contributed by atoms with Crippen LogP contribution in [0.15, 0.2) is 47.5 Å². The summed E-state index contributed by atoms with van der Waals surface area (Å²) in [5.41, 5.74) is 3.77. The first-order valence-electron chi connectivity index (χ1n) is 12.3. The van der Waals surface area contributed by atoms with E-state index in [1.165, 1.54) is 6.07 Å². The predicted molar refractivity (Wildman–Crippen MR) is 135 cm³/mol. The maximum absolute atomic E-state index is 13.9. The van der Waals surface area contributed by atoms with Crippen LogP contribution < -0.4 is 15.6 Å². The minimum absolute atomic E-state index is 0.00614. The summed E-state index contributed by atoms with van der Waals surface area (Å²) in [5.74, 6) is -1.70. The van der Waals surface area contributed by atoms with E-state index >= 15 is 0 Å².